The van der Waals surface area contributed by atoms with Crippen molar-refractivity contribution in [3.63, 3.8) is 0 Å². The van der Waals surface area contributed by atoms with Gasteiger partial charge >= 0.3 is 35.8 Å². The lowest BCUT2D eigenvalue weighted by Gasteiger charge is -2.44. The van der Waals surface area contributed by atoms with Crippen LogP contribution in [0.15, 0.2) is 54.6 Å². The third kappa shape index (κ3) is 9.58. The lowest BCUT2D eigenvalue weighted by Crippen LogP contribution is -2.58. The van der Waals surface area contributed by atoms with E-state index in [0.29, 0.717) is 0 Å². The van der Waals surface area contributed by atoms with Gasteiger partial charge in [-0.15, -0.1) is 0 Å². The van der Waals surface area contributed by atoms with Crippen LogP contribution in [-0.2, 0) is 57.2 Å². The molecule has 1 N–H and O–H groups in total. The van der Waals surface area contributed by atoms with Gasteiger partial charge in [-0.2, -0.15) is 0 Å². The Balaban J connectivity index is 2.54. The number of allylic oxidation sites excluding steroid dienone is 1. The standard InChI is InChI=1S/C39H50O14/c1-20(2)35(45)51-29-22(4)30(52-36(46)27-15-13-12-14-16-27)31(48-23(5)40)34(50-25(7)42)37(9,10)18-17-21(3)32(44)39(47)19-38(11,53-26(8)43)33(28(29)39)49-24(6)41/h12-18,20-21,28-31,33-34,47H,4,19H2,1-3,5-11H3/b18-17+/t21-,28-,29+,30-,31+,33+,34+,38+,39+/m0/s1. The molecule has 290 valence electrons. The van der Waals surface area contributed by atoms with E-state index in [-0.39, 0.29) is 11.1 Å². The van der Waals surface area contributed by atoms with Crippen molar-refractivity contribution in [1.29, 1.82) is 0 Å². The molecule has 0 saturated heterocycles. The van der Waals surface area contributed by atoms with E-state index in [1.54, 1.807) is 32.0 Å². The summed E-state index contributed by atoms with van der Waals surface area (Å²) in [6.45, 7) is 17.6. The summed E-state index contributed by atoms with van der Waals surface area (Å²) < 4.78 is 35.1. The second-order valence-corrected chi connectivity index (χ2v) is 14.8. The number of fused-ring (bicyclic) bond motifs is 1. The Morgan fingerprint density at radius 2 is 1.34 bits per heavy atom. The van der Waals surface area contributed by atoms with Gasteiger partial charge in [0, 0.05) is 51.0 Å². The fourth-order valence-corrected chi connectivity index (χ4v) is 7.02. The molecule has 2 aliphatic rings. The van der Waals surface area contributed by atoms with Crippen molar-refractivity contribution in [2.24, 2.45) is 23.2 Å². The minimum atomic E-state index is -2.57. The van der Waals surface area contributed by atoms with E-state index in [1.165, 1.54) is 52.0 Å². The summed E-state index contributed by atoms with van der Waals surface area (Å²) in [6.07, 6.45) is -6.15. The number of carbonyl (C=O) groups excluding carboxylic acids is 7. The molecule has 0 radical (unpaired) electrons. The van der Waals surface area contributed by atoms with Gasteiger partial charge in [-0.25, -0.2) is 4.79 Å². The second-order valence-electron chi connectivity index (χ2n) is 14.8. The molecule has 1 fully saturated rings. The Morgan fingerprint density at radius 3 is 1.85 bits per heavy atom. The molecular formula is C39H50O14. The molecule has 53 heavy (non-hydrogen) atoms. The van der Waals surface area contributed by atoms with Crippen LogP contribution in [0.1, 0.15) is 86.0 Å². The summed E-state index contributed by atoms with van der Waals surface area (Å²) in [5.41, 5.74) is -6.04. The van der Waals surface area contributed by atoms with Crippen LogP contribution >= 0.6 is 0 Å². The van der Waals surface area contributed by atoms with Crippen LogP contribution in [0.3, 0.4) is 0 Å². The zero-order valence-corrected chi connectivity index (χ0v) is 31.8. The number of ether oxygens (including phenoxy) is 6. The Hall–Kier alpha value is -4.85. The number of rotatable bonds is 8. The maximum atomic E-state index is 14.6. The van der Waals surface area contributed by atoms with E-state index < -0.39 is 113 Å². The monoisotopic (exact) mass is 742 g/mol. The Bertz CT molecular complexity index is 1640. The zero-order valence-electron chi connectivity index (χ0n) is 31.8. The molecule has 2 aliphatic carbocycles. The first-order valence-corrected chi connectivity index (χ1v) is 17.3. The summed E-state index contributed by atoms with van der Waals surface area (Å²) in [6, 6.07) is 7.71. The molecule has 3 rings (SSSR count). The molecule has 0 unspecified atom stereocenters. The van der Waals surface area contributed by atoms with E-state index >= 15 is 0 Å². The third-order valence-corrected chi connectivity index (χ3v) is 9.36. The summed E-state index contributed by atoms with van der Waals surface area (Å²) in [7, 11) is 0. The van der Waals surface area contributed by atoms with E-state index in [2.05, 4.69) is 6.58 Å². The number of aliphatic hydroxyl groups is 1. The van der Waals surface area contributed by atoms with Gasteiger partial charge < -0.3 is 33.5 Å². The lowest BCUT2D eigenvalue weighted by molar-refractivity contribution is -0.190. The minimum absolute atomic E-state index is 0.0495. The van der Waals surface area contributed by atoms with Crippen LogP contribution in [0.2, 0.25) is 0 Å². The quantitative estimate of drug-likeness (QED) is 0.228. The fraction of sp³-hybridized carbons (Fsp3) is 0.564. The van der Waals surface area contributed by atoms with Crippen molar-refractivity contribution in [3.8, 4) is 0 Å². The molecule has 0 heterocycles. The number of ketones is 1. The summed E-state index contributed by atoms with van der Waals surface area (Å²) in [4.78, 5) is 92.7. The molecule has 0 amide bonds. The van der Waals surface area contributed by atoms with Crippen molar-refractivity contribution in [2.45, 2.75) is 117 Å². The highest BCUT2D eigenvalue weighted by atomic mass is 16.6. The smallest absolute Gasteiger partial charge is 0.338 e. The van der Waals surface area contributed by atoms with Crippen LogP contribution in [-0.4, -0.2) is 88.4 Å². The largest absolute Gasteiger partial charge is 0.458 e. The Morgan fingerprint density at radius 1 is 0.792 bits per heavy atom. The van der Waals surface area contributed by atoms with E-state index in [1.807, 2.05) is 0 Å². The van der Waals surface area contributed by atoms with Crippen molar-refractivity contribution in [2.75, 3.05) is 0 Å². The third-order valence-electron chi connectivity index (χ3n) is 9.36. The molecule has 9 atom stereocenters. The highest BCUT2D eigenvalue weighted by Gasteiger charge is 2.69. The van der Waals surface area contributed by atoms with Gasteiger partial charge in [-0.05, 0) is 19.1 Å². The Kier molecular flexibility index (Phi) is 13.2. The second kappa shape index (κ2) is 16.4. The highest BCUT2D eigenvalue weighted by molar-refractivity contribution is 5.92. The maximum absolute atomic E-state index is 14.6. The van der Waals surface area contributed by atoms with Gasteiger partial charge in [0.2, 0.25) is 0 Å². The average Bonchev–Trinajstić information content (AvgIpc) is 3.26. The predicted octanol–water partition coefficient (Wildman–Crippen LogP) is 4.01. The SMILES string of the molecule is C=C1[C@@H](OC(=O)C(C)C)[C@H]2[C@@H](OC(C)=O)[C@](C)(OC(C)=O)C[C@]2(O)C(=O)[C@@H](C)/C=C/C(C)(C)[C@H](OC(C)=O)[C@H](OC(C)=O)[C@H]1OC(=O)c1ccccc1. The first-order chi connectivity index (χ1) is 24.4. The van der Waals surface area contributed by atoms with Crippen molar-refractivity contribution < 1.29 is 67.1 Å². The molecule has 1 saturated carbocycles. The fourth-order valence-electron chi connectivity index (χ4n) is 7.02. The highest BCUT2D eigenvalue weighted by Crippen LogP contribution is 2.52. The number of esters is 6. The lowest BCUT2D eigenvalue weighted by atomic mass is 9.72. The molecule has 1 aromatic rings. The van der Waals surface area contributed by atoms with Gasteiger partial charge in [0.25, 0.3) is 0 Å². The molecule has 14 heteroatoms. The van der Waals surface area contributed by atoms with Gasteiger partial charge in [-0.1, -0.05) is 71.5 Å². The molecule has 1 aromatic carbocycles. The molecule has 0 aliphatic heterocycles. The normalized spacial score (nSPS) is 31.8. The average molecular weight is 743 g/mol. The predicted molar refractivity (Wildman–Crippen MR) is 186 cm³/mol. The Labute approximate surface area is 309 Å². The summed E-state index contributed by atoms with van der Waals surface area (Å²) >= 11 is 0. The van der Waals surface area contributed by atoms with Crippen LogP contribution < -0.4 is 0 Å². The van der Waals surface area contributed by atoms with Gasteiger partial charge in [0.15, 0.2) is 30.2 Å². The number of Topliss-reactive ketones (excluding diaryl/α,β-unsaturated/α-hetero) is 1. The summed E-state index contributed by atoms with van der Waals surface area (Å²) in [5.74, 6) is -9.77. The van der Waals surface area contributed by atoms with E-state index in [0.717, 1.165) is 27.7 Å². The number of benzene rings is 1. The molecule has 0 spiro atoms. The molecule has 14 nitrogen and oxygen atoms in total. The van der Waals surface area contributed by atoms with Crippen molar-refractivity contribution in [3.05, 3.63) is 60.2 Å². The topological polar surface area (TPSA) is 195 Å². The zero-order chi connectivity index (χ0) is 40.2. The van der Waals surface area contributed by atoms with Crippen molar-refractivity contribution >= 4 is 41.6 Å². The van der Waals surface area contributed by atoms with E-state index in [4.69, 9.17) is 28.4 Å². The first-order valence-electron chi connectivity index (χ1n) is 17.3. The summed E-state index contributed by atoms with van der Waals surface area (Å²) in [5, 5.41) is 12.7. The van der Waals surface area contributed by atoms with Crippen molar-refractivity contribution in [1.82, 2.24) is 0 Å². The van der Waals surface area contributed by atoms with Crippen LogP contribution in [0.5, 0.6) is 0 Å². The minimum Gasteiger partial charge on any atom is -0.458 e. The molecule has 0 bridgehead atoms. The maximum Gasteiger partial charge on any atom is 0.338 e. The van der Waals surface area contributed by atoms with Crippen LogP contribution in [0.4, 0.5) is 0 Å². The number of carbonyl (C=O) groups is 7. The number of hydrogen-bond donors (Lipinski definition) is 1. The van der Waals surface area contributed by atoms with Gasteiger partial charge in [-0.3, -0.25) is 28.8 Å². The van der Waals surface area contributed by atoms with Crippen LogP contribution in [0.25, 0.3) is 0 Å². The van der Waals surface area contributed by atoms with Gasteiger partial charge in [0.05, 0.1) is 17.4 Å². The molecular weight excluding hydrogens is 692 g/mol. The van der Waals surface area contributed by atoms with Gasteiger partial charge in [0.1, 0.15) is 17.3 Å². The number of hydrogen-bond acceptors (Lipinski definition) is 14. The van der Waals surface area contributed by atoms with Crippen LogP contribution in [0, 0.1) is 23.2 Å². The molecule has 0 aromatic heterocycles. The first kappa shape index (κ1) is 42.6. The van der Waals surface area contributed by atoms with E-state index in [9.17, 15) is 38.7 Å².